The van der Waals surface area contributed by atoms with E-state index in [1.54, 1.807) is 6.82 Å². The molecule has 102 valence electrons. The van der Waals surface area contributed by atoms with E-state index in [0.717, 1.165) is 38.5 Å². The van der Waals surface area contributed by atoms with Crippen LogP contribution in [0.5, 0.6) is 0 Å². The van der Waals surface area contributed by atoms with E-state index in [1.165, 1.54) is 0 Å². The first-order chi connectivity index (χ1) is 8.59. The van der Waals surface area contributed by atoms with Crippen molar-refractivity contribution < 1.29 is 14.9 Å². The van der Waals surface area contributed by atoms with Crippen molar-refractivity contribution in [3.63, 3.8) is 0 Å². The fourth-order valence-electron chi connectivity index (χ4n) is 3.36. The maximum Gasteiger partial charge on any atom is 0.321 e. The lowest BCUT2D eigenvalue weighted by Crippen LogP contribution is -2.47. The van der Waals surface area contributed by atoms with E-state index in [-0.39, 0.29) is 18.9 Å². The molecule has 4 N–H and O–H groups in total. The predicted molar refractivity (Wildman–Crippen MR) is 70.7 cm³/mol. The van der Waals surface area contributed by atoms with Crippen LogP contribution < -0.4 is 10.6 Å². The molecular weight excluding hydrogens is 231 g/mol. The van der Waals surface area contributed by atoms with Gasteiger partial charge < -0.3 is 15.4 Å². The van der Waals surface area contributed by atoms with Gasteiger partial charge in [0.2, 0.25) is 0 Å². The standard InChI is InChI=1S/C12H23BN2O3/c1-13(18)6-2-4-8-10-9(5-3-7-14-10)15-11(8)12(16)17/h8-11,14-15,18H,2-7H2,1H3,(H,16,17). The molecule has 5 nitrogen and oxygen atoms in total. The minimum Gasteiger partial charge on any atom is -0.480 e. The molecule has 2 rings (SSSR count). The Labute approximate surface area is 108 Å². The maximum absolute atomic E-state index is 11.3. The third-order valence-corrected chi connectivity index (χ3v) is 4.21. The number of fused-ring (bicyclic) bond motifs is 1. The van der Waals surface area contributed by atoms with Gasteiger partial charge in [-0.25, -0.2) is 0 Å². The van der Waals surface area contributed by atoms with Crippen molar-refractivity contribution in [3.8, 4) is 0 Å². The minimum absolute atomic E-state index is 0.145. The van der Waals surface area contributed by atoms with Crippen LogP contribution in [0, 0.1) is 5.92 Å². The molecule has 0 spiro atoms. The Hall–Kier alpha value is -0.585. The third-order valence-electron chi connectivity index (χ3n) is 4.21. The number of carboxylic acids is 1. The summed E-state index contributed by atoms with van der Waals surface area (Å²) in [7, 11) is 0. The second-order valence-electron chi connectivity index (χ2n) is 5.65. The van der Waals surface area contributed by atoms with Crippen LogP contribution in [0.25, 0.3) is 0 Å². The maximum atomic E-state index is 11.3. The van der Waals surface area contributed by atoms with Crippen molar-refractivity contribution in [3.05, 3.63) is 0 Å². The number of carboxylic acid groups (broad SMARTS) is 1. The van der Waals surface area contributed by atoms with Crippen LogP contribution in [-0.2, 0) is 4.79 Å². The van der Waals surface area contributed by atoms with Crippen LogP contribution in [0.1, 0.15) is 25.7 Å². The van der Waals surface area contributed by atoms with E-state index < -0.39 is 12.0 Å². The molecule has 4 unspecified atom stereocenters. The summed E-state index contributed by atoms with van der Waals surface area (Å²) in [4.78, 5) is 11.3. The summed E-state index contributed by atoms with van der Waals surface area (Å²) in [5.74, 6) is -0.597. The van der Waals surface area contributed by atoms with Crippen molar-refractivity contribution in [1.29, 1.82) is 0 Å². The van der Waals surface area contributed by atoms with Gasteiger partial charge in [-0.15, -0.1) is 0 Å². The van der Waals surface area contributed by atoms with Crippen LogP contribution in [0.15, 0.2) is 0 Å². The number of nitrogens with one attached hydrogen (secondary N) is 2. The molecule has 0 aliphatic carbocycles. The number of aliphatic carboxylic acids is 1. The zero-order valence-electron chi connectivity index (χ0n) is 10.9. The number of carbonyl (C=O) groups is 1. The highest BCUT2D eigenvalue weighted by atomic mass is 16.4. The number of rotatable bonds is 5. The average molecular weight is 254 g/mol. The first kappa shape index (κ1) is 13.8. The molecule has 6 heteroatoms. The third kappa shape index (κ3) is 3.05. The highest BCUT2D eigenvalue weighted by Crippen LogP contribution is 2.30. The second kappa shape index (κ2) is 6.04. The summed E-state index contributed by atoms with van der Waals surface area (Å²) in [6.07, 6.45) is 4.68. The van der Waals surface area contributed by atoms with Crippen molar-refractivity contribution in [2.75, 3.05) is 6.54 Å². The summed E-state index contributed by atoms with van der Waals surface area (Å²) >= 11 is 0. The zero-order chi connectivity index (χ0) is 13.1. The molecule has 2 aliphatic rings. The normalized spacial score (nSPS) is 35.2. The van der Waals surface area contributed by atoms with Crippen LogP contribution in [-0.4, -0.2) is 47.7 Å². The zero-order valence-corrected chi connectivity index (χ0v) is 10.9. The van der Waals surface area contributed by atoms with Gasteiger partial charge in [-0.3, -0.25) is 10.1 Å². The number of hydrogen-bond acceptors (Lipinski definition) is 4. The Morgan fingerprint density at radius 1 is 1.50 bits per heavy atom. The Morgan fingerprint density at radius 2 is 2.28 bits per heavy atom. The Bertz CT molecular complexity index is 301. The fraction of sp³-hybridized carbons (Fsp3) is 0.917. The monoisotopic (exact) mass is 254 g/mol. The Balaban J connectivity index is 1.95. The second-order valence-corrected chi connectivity index (χ2v) is 5.65. The Morgan fingerprint density at radius 3 is 2.94 bits per heavy atom. The summed E-state index contributed by atoms with van der Waals surface area (Å²) in [6, 6.07) is 0.157. The van der Waals surface area contributed by atoms with Gasteiger partial charge in [-0.05, 0) is 32.1 Å². The van der Waals surface area contributed by atoms with Gasteiger partial charge in [0.15, 0.2) is 0 Å². The largest absolute Gasteiger partial charge is 0.480 e. The molecule has 0 aromatic rings. The molecule has 0 radical (unpaired) electrons. The topological polar surface area (TPSA) is 81.6 Å². The van der Waals surface area contributed by atoms with Crippen LogP contribution in [0.3, 0.4) is 0 Å². The van der Waals surface area contributed by atoms with Gasteiger partial charge in [0, 0.05) is 18.0 Å². The smallest absolute Gasteiger partial charge is 0.321 e. The molecule has 4 atom stereocenters. The minimum atomic E-state index is -0.742. The van der Waals surface area contributed by atoms with E-state index in [1.807, 2.05) is 0 Å². The van der Waals surface area contributed by atoms with Crippen molar-refractivity contribution in [2.45, 2.75) is 57.0 Å². The van der Waals surface area contributed by atoms with Crippen LogP contribution in [0.4, 0.5) is 0 Å². The summed E-state index contributed by atoms with van der Waals surface area (Å²) < 4.78 is 0. The van der Waals surface area contributed by atoms with E-state index >= 15 is 0 Å². The van der Waals surface area contributed by atoms with Crippen molar-refractivity contribution in [2.24, 2.45) is 5.92 Å². The van der Waals surface area contributed by atoms with E-state index in [0.29, 0.717) is 6.04 Å². The first-order valence-corrected chi connectivity index (χ1v) is 7.00. The van der Waals surface area contributed by atoms with Gasteiger partial charge in [0.1, 0.15) is 6.04 Å². The molecule has 0 bridgehead atoms. The van der Waals surface area contributed by atoms with Gasteiger partial charge in [0.25, 0.3) is 6.92 Å². The molecule has 2 heterocycles. The van der Waals surface area contributed by atoms with Gasteiger partial charge in [-0.1, -0.05) is 13.2 Å². The van der Waals surface area contributed by atoms with Crippen molar-refractivity contribution >= 4 is 12.9 Å². The van der Waals surface area contributed by atoms with E-state index in [2.05, 4.69) is 10.6 Å². The summed E-state index contributed by atoms with van der Waals surface area (Å²) in [5, 5.41) is 25.3. The average Bonchev–Trinajstić information content (AvgIpc) is 2.68. The van der Waals surface area contributed by atoms with Crippen LogP contribution in [0.2, 0.25) is 13.1 Å². The summed E-state index contributed by atoms with van der Waals surface area (Å²) in [5.41, 5.74) is 0. The lowest BCUT2D eigenvalue weighted by Gasteiger charge is -2.30. The molecule has 2 saturated heterocycles. The van der Waals surface area contributed by atoms with Gasteiger partial charge in [0.05, 0.1) is 0 Å². The Kier molecular flexibility index (Phi) is 4.64. The first-order valence-electron chi connectivity index (χ1n) is 7.00. The quantitative estimate of drug-likeness (QED) is 0.526. The molecule has 0 amide bonds. The number of piperidine rings is 1. The fourth-order valence-corrected chi connectivity index (χ4v) is 3.36. The predicted octanol–water partition coefficient (Wildman–Crippen LogP) is 0.173. The van der Waals surface area contributed by atoms with Crippen molar-refractivity contribution in [1.82, 2.24) is 10.6 Å². The SMILES string of the molecule is CB(O)CCCC1C(C(=O)O)NC2CCCNC21. The lowest BCUT2D eigenvalue weighted by molar-refractivity contribution is -0.140. The number of hydrogen-bond donors (Lipinski definition) is 4. The van der Waals surface area contributed by atoms with E-state index in [4.69, 9.17) is 0 Å². The van der Waals surface area contributed by atoms with Crippen LogP contribution >= 0.6 is 0 Å². The molecule has 2 fully saturated rings. The molecule has 2 aliphatic heterocycles. The lowest BCUT2D eigenvalue weighted by atomic mass is 9.66. The summed E-state index contributed by atoms with van der Waals surface area (Å²) in [6.45, 7) is 2.48. The molecule has 0 saturated carbocycles. The van der Waals surface area contributed by atoms with E-state index in [9.17, 15) is 14.9 Å². The molecule has 0 aromatic carbocycles. The van der Waals surface area contributed by atoms with Gasteiger partial charge >= 0.3 is 5.97 Å². The van der Waals surface area contributed by atoms with Gasteiger partial charge in [-0.2, -0.15) is 0 Å². The molecular formula is C12H23BN2O3. The molecule has 0 aromatic heterocycles. The highest BCUT2D eigenvalue weighted by molar-refractivity contribution is 6.48. The highest BCUT2D eigenvalue weighted by Gasteiger charge is 2.46. The molecule has 18 heavy (non-hydrogen) atoms.